The van der Waals surface area contributed by atoms with Crippen molar-refractivity contribution in [1.29, 1.82) is 0 Å². The fraction of sp³-hybridized carbons (Fsp3) is 0.0833. The fourth-order valence-electron chi connectivity index (χ4n) is 3.07. The highest BCUT2D eigenvalue weighted by Crippen LogP contribution is 2.24. The Morgan fingerprint density at radius 1 is 0.929 bits per heavy atom. The molecule has 0 aliphatic rings. The van der Waals surface area contributed by atoms with Gasteiger partial charge in [0, 0.05) is 11.8 Å². The first kappa shape index (κ1) is 17.7. The van der Waals surface area contributed by atoms with Crippen LogP contribution in [-0.4, -0.2) is 15.7 Å². The monoisotopic (exact) mass is 368 g/mol. The molecule has 3 aromatic carbocycles. The number of nitrogens with zero attached hydrogens (tertiary/aromatic N) is 2. The molecule has 0 bridgehead atoms. The van der Waals surface area contributed by atoms with Crippen LogP contribution in [0.1, 0.15) is 21.5 Å². The molecule has 0 aliphatic heterocycles. The second-order valence-corrected chi connectivity index (χ2v) is 6.60. The third kappa shape index (κ3) is 3.86. The number of aromatic nitrogens is 2. The van der Waals surface area contributed by atoms with E-state index >= 15 is 0 Å². The van der Waals surface area contributed by atoms with Gasteiger partial charge in [0.25, 0.3) is 0 Å². The molecule has 4 aromatic rings. The third-order valence-electron chi connectivity index (χ3n) is 4.45. The molecular weight excluding hydrogens is 348 g/mol. The van der Waals surface area contributed by atoms with Crippen molar-refractivity contribution < 1.29 is 9.53 Å². The van der Waals surface area contributed by atoms with Crippen LogP contribution in [0.25, 0.3) is 16.9 Å². The summed E-state index contributed by atoms with van der Waals surface area (Å²) in [6, 6.07) is 27.3. The molecule has 1 heterocycles. The van der Waals surface area contributed by atoms with Crippen molar-refractivity contribution in [3.63, 3.8) is 0 Å². The van der Waals surface area contributed by atoms with Crippen LogP contribution in [0.15, 0.2) is 91.1 Å². The fourth-order valence-corrected chi connectivity index (χ4v) is 3.07. The number of para-hydroxylation sites is 1. The molecule has 1 aromatic heterocycles. The van der Waals surface area contributed by atoms with Crippen LogP contribution in [0.3, 0.4) is 0 Å². The van der Waals surface area contributed by atoms with Gasteiger partial charge in [0.2, 0.25) is 0 Å². The zero-order chi connectivity index (χ0) is 19.3. The molecule has 0 spiro atoms. The topological polar surface area (TPSA) is 44.1 Å². The summed E-state index contributed by atoms with van der Waals surface area (Å²) in [5.41, 5.74) is 4.92. The minimum absolute atomic E-state index is 0.227. The molecule has 0 saturated carbocycles. The van der Waals surface area contributed by atoms with Gasteiger partial charge in [-0.2, -0.15) is 5.10 Å². The van der Waals surface area contributed by atoms with E-state index in [1.54, 1.807) is 10.9 Å². The van der Waals surface area contributed by atoms with Gasteiger partial charge < -0.3 is 4.74 Å². The predicted molar refractivity (Wildman–Crippen MR) is 109 cm³/mol. The maximum atomic E-state index is 12.9. The number of carbonyl (C=O) groups is 1. The van der Waals surface area contributed by atoms with E-state index in [1.165, 1.54) is 0 Å². The molecule has 138 valence electrons. The second-order valence-electron chi connectivity index (χ2n) is 6.60. The van der Waals surface area contributed by atoms with Crippen molar-refractivity contribution >= 4 is 5.97 Å². The average Bonchev–Trinajstić information content (AvgIpc) is 3.19. The normalized spacial score (nSPS) is 10.6. The van der Waals surface area contributed by atoms with Crippen LogP contribution in [0, 0.1) is 6.92 Å². The molecular formula is C24H20N2O2. The molecule has 4 nitrogen and oxygen atoms in total. The standard InChI is InChI=1S/C24H20N2O2/c1-18-9-8-10-19(15-18)17-28-24(27)22-16-26(21-13-6-3-7-14-21)25-23(22)20-11-4-2-5-12-20/h2-16H,17H2,1H3. The van der Waals surface area contributed by atoms with Crippen molar-refractivity contribution in [3.8, 4) is 16.9 Å². The minimum Gasteiger partial charge on any atom is -0.457 e. The number of esters is 1. The number of ether oxygens (including phenoxy) is 1. The van der Waals surface area contributed by atoms with Crippen LogP contribution in [0.4, 0.5) is 0 Å². The Labute approximate surface area is 164 Å². The average molecular weight is 368 g/mol. The number of carbonyl (C=O) groups excluding carboxylic acids is 1. The summed E-state index contributed by atoms with van der Waals surface area (Å²) in [4.78, 5) is 12.9. The lowest BCUT2D eigenvalue weighted by atomic mass is 10.1. The minimum atomic E-state index is -0.387. The Morgan fingerprint density at radius 3 is 2.36 bits per heavy atom. The van der Waals surface area contributed by atoms with E-state index in [4.69, 9.17) is 4.74 Å². The van der Waals surface area contributed by atoms with Crippen molar-refractivity contribution in [3.05, 3.63) is 108 Å². The molecule has 0 fully saturated rings. The van der Waals surface area contributed by atoms with Crippen LogP contribution in [0.5, 0.6) is 0 Å². The predicted octanol–water partition coefficient (Wildman–Crippen LogP) is 5.20. The summed E-state index contributed by atoms with van der Waals surface area (Å²) in [5, 5.41) is 4.66. The number of hydrogen-bond acceptors (Lipinski definition) is 3. The SMILES string of the molecule is Cc1cccc(COC(=O)c2cn(-c3ccccc3)nc2-c2ccccc2)c1. The molecule has 0 N–H and O–H groups in total. The van der Waals surface area contributed by atoms with Crippen molar-refractivity contribution in [2.45, 2.75) is 13.5 Å². The second kappa shape index (κ2) is 7.92. The van der Waals surface area contributed by atoms with Crippen LogP contribution < -0.4 is 0 Å². The van der Waals surface area contributed by atoms with E-state index in [0.29, 0.717) is 11.3 Å². The van der Waals surface area contributed by atoms with Crippen LogP contribution in [-0.2, 0) is 11.3 Å². The molecule has 0 saturated heterocycles. The first-order valence-corrected chi connectivity index (χ1v) is 9.14. The van der Waals surface area contributed by atoms with Crippen molar-refractivity contribution in [1.82, 2.24) is 9.78 Å². The zero-order valence-electron chi connectivity index (χ0n) is 15.6. The van der Waals surface area contributed by atoms with E-state index in [0.717, 1.165) is 22.4 Å². The first-order chi connectivity index (χ1) is 13.7. The first-order valence-electron chi connectivity index (χ1n) is 9.14. The van der Waals surface area contributed by atoms with Gasteiger partial charge in [0.1, 0.15) is 17.9 Å². The smallest absolute Gasteiger partial charge is 0.342 e. The third-order valence-corrected chi connectivity index (χ3v) is 4.45. The summed E-state index contributed by atoms with van der Waals surface area (Å²) < 4.78 is 7.30. The molecule has 0 radical (unpaired) electrons. The highest BCUT2D eigenvalue weighted by molar-refractivity contribution is 5.96. The molecule has 0 unspecified atom stereocenters. The van der Waals surface area contributed by atoms with E-state index in [1.807, 2.05) is 91.9 Å². The highest BCUT2D eigenvalue weighted by Gasteiger charge is 2.20. The Morgan fingerprint density at radius 2 is 1.64 bits per heavy atom. The van der Waals surface area contributed by atoms with Gasteiger partial charge in [-0.15, -0.1) is 0 Å². The summed E-state index contributed by atoms with van der Waals surface area (Å²) >= 11 is 0. The molecule has 0 aliphatic carbocycles. The van der Waals surface area contributed by atoms with Gasteiger partial charge >= 0.3 is 5.97 Å². The van der Waals surface area contributed by atoms with Crippen molar-refractivity contribution in [2.24, 2.45) is 0 Å². The molecule has 4 heteroatoms. The van der Waals surface area contributed by atoms with Crippen LogP contribution in [0.2, 0.25) is 0 Å². The van der Waals surface area contributed by atoms with Gasteiger partial charge in [0.15, 0.2) is 0 Å². The number of hydrogen-bond donors (Lipinski definition) is 0. The van der Waals surface area contributed by atoms with Gasteiger partial charge in [-0.3, -0.25) is 0 Å². The lowest BCUT2D eigenvalue weighted by molar-refractivity contribution is 0.0473. The molecule has 0 atom stereocenters. The highest BCUT2D eigenvalue weighted by atomic mass is 16.5. The summed E-state index contributed by atoms with van der Waals surface area (Å²) in [6.07, 6.45) is 1.73. The Hall–Kier alpha value is -3.66. The number of aryl methyl sites for hydroxylation is 1. The number of benzene rings is 3. The zero-order valence-corrected chi connectivity index (χ0v) is 15.6. The molecule has 4 rings (SSSR count). The quantitative estimate of drug-likeness (QED) is 0.455. The van der Waals surface area contributed by atoms with Gasteiger partial charge in [0.05, 0.1) is 5.69 Å². The maximum Gasteiger partial charge on any atom is 0.342 e. The maximum absolute atomic E-state index is 12.9. The number of rotatable bonds is 5. The van der Waals surface area contributed by atoms with Crippen molar-refractivity contribution in [2.75, 3.05) is 0 Å². The van der Waals surface area contributed by atoms with Gasteiger partial charge in [-0.25, -0.2) is 9.48 Å². The summed E-state index contributed by atoms with van der Waals surface area (Å²) in [6.45, 7) is 2.24. The lowest BCUT2D eigenvalue weighted by Crippen LogP contribution is -2.06. The largest absolute Gasteiger partial charge is 0.457 e. The van der Waals surface area contributed by atoms with Crippen LogP contribution >= 0.6 is 0 Å². The molecule has 0 amide bonds. The summed E-state index contributed by atoms with van der Waals surface area (Å²) in [7, 11) is 0. The Balaban J connectivity index is 1.66. The van der Waals surface area contributed by atoms with Gasteiger partial charge in [-0.1, -0.05) is 78.4 Å². The van der Waals surface area contributed by atoms with E-state index in [2.05, 4.69) is 5.10 Å². The Kier molecular flexibility index (Phi) is 5.02. The lowest BCUT2D eigenvalue weighted by Gasteiger charge is -2.06. The van der Waals surface area contributed by atoms with E-state index in [-0.39, 0.29) is 12.6 Å². The van der Waals surface area contributed by atoms with Gasteiger partial charge in [-0.05, 0) is 24.6 Å². The Bertz CT molecular complexity index is 1090. The van der Waals surface area contributed by atoms with E-state index < -0.39 is 0 Å². The molecule has 28 heavy (non-hydrogen) atoms. The summed E-state index contributed by atoms with van der Waals surface area (Å²) in [5.74, 6) is -0.387. The van der Waals surface area contributed by atoms with E-state index in [9.17, 15) is 4.79 Å².